The quantitative estimate of drug-likeness (QED) is 0.719. The molecule has 1 aromatic rings. The molecule has 0 aliphatic carbocycles. The van der Waals surface area contributed by atoms with Gasteiger partial charge in [0.2, 0.25) is 0 Å². The van der Waals surface area contributed by atoms with Crippen LogP contribution in [0, 0.1) is 11.8 Å². The highest BCUT2D eigenvalue weighted by Crippen LogP contribution is 2.41. The van der Waals surface area contributed by atoms with E-state index < -0.39 is 5.60 Å². The smallest absolute Gasteiger partial charge is 0.120 e. The monoisotopic (exact) mass is 260 g/mol. The van der Waals surface area contributed by atoms with Crippen LogP contribution in [0.25, 0.3) is 0 Å². The summed E-state index contributed by atoms with van der Waals surface area (Å²) in [5.41, 5.74) is 1.68. The van der Waals surface area contributed by atoms with Crippen molar-refractivity contribution in [3.8, 4) is 11.8 Å². The lowest BCUT2D eigenvalue weighted by atomic mass is 9.81. The average Bonchev–Trinajstić information content (AvgIpc) is 2.25. The van der Waals surface area contributed by atoms with Gasteiger partial charge in [0.1, 0.15) is 5.60 Å². The molecule has 1 nitrogen and oxygen atoms in total. The molecular formula is C16H20OS. The van der Waals surface area contributed by atoms with Crippen LogP contribution in [0.2, 0.25) is 0 Å². The number of benzene rings is 1. The third-order valence-corrected chi connectivity index (χ3v) is 4.28. The summed E-state index contributed by atoms with van der Waals surface area (Å²) < 4.78 is 0. The molecule has 0 radical (unpaired) electrons. The minimum absolute atomic E-state index is 0.229. The Kier molecular flexibility index (Phi) is 3.49. The normalized spacial score (nSPS) is 17.6. The number of aliphatic hydroxyl groups is 1. The summed E-state index contributed by atoms with van der Waals surface area (Å²) in [4.78, 5) is 1.38. The van der Waals surface area contributed by atoms with Crippen LogP contribution in [-0.2, 0) is 5.41 Å². The van der Waals surface area contributed by atoms with E-state index in [9.17, 15) is 5.11 Å². The molecule has 1 aliphatic heterocycles. The zero-order valence-electron chi connectivity index (χ0n) is 11.5. The van der Waals surface area contributed by atoms with E-state index in [2.05, 4.69) is 37.8 Å². The molecule has 0 saturated heterocycles. The van der Waals surface area contributed by atoms with Crippen molar-refractivity contribution in [2.75, 3.05) is 5.75 Å². The van der Waals surface area contributed by atoms with Gasteiger partial charge in [0.15, 0.2) is 0 Å². The number of rotatable bonds is 0. The Morgan fingerprint density at radius 1 is 1.33 bits per heavy atom. The van der Waals surface area contributed by atoms with Crippen molar-refractivity contribution in [1.29, 1.82) is 0 Å². The number of hydrogen-bond donors (Lipinski definition) is 1. The Morgan fingerprint density at radius 3 is 2.72 bits per heavy atom. The van der Waals surface area contributed by atoms with Crippen molar-refractivity contribution in [2.24, 2.45) is 0 Å². The van der Waals surface area contributed by atoms with Gasteiger partial charge in [-0.15, -0.1) is 11.8 Å². The highest BCUT2D eigenvalue weighted by molar-refractivity contribution is 7.99. The maximum Gasteiger partial charge on any atom is 0.120 e. The molecule has 0 bridgehead atoms. The van der Waals surface area contributed by atoms with Gasteiger partial charge >= 0.3 is 0 Å². The molecule has 1 aromatic carbocycles. The zero-order chi connectivity index (χ0) is 13.4. The molecule has 0 spiro atoms. The summed E-state index contributed by atoms with van der Waals surface area (Å²) >= 11 is 1.93. The molecule has 1 N–H and O–H groups in total. The number of hydrogen-bond acceptors (Lipinski definition) is 2. The summed E-state index contributed by atoms with van der Waals surface area (Å²) in [5.74, 6) is 7.12. The Morgan fingerprint density at radius 2 is 2.06 bits per heavy atom. The second kappa shape index (κ2) is 4.64. The van der Waals surface area contributed by atoms with Gasteiger partial charge in [-0.3, -0.25) is 0 Å². The van der Waals surface area contributed by atoms with Gasteiger partial charge in [-0.2, -0.15) is 0 Å². The SMILES string of the molecule is CC(C)(O)C#Cc1ccc2c(c1)C(C)(C)CCS2. The predicted octanol–water partition coefficient (Wildman–Crippen LogP) is 3.58. The first-order valence-electron chi connectivity index (χ1n) is 6.31. The van der Waals surface area contributed by atoms with Gasteiger partial charge < -0.3 is 5.11 Å². The Hall–Kier alpha value is -0.910. The molecule has 2 heteroatoms. The van der Waals surface area contributed by atoms with Crippen LogP contribution in [0.15, 0.2) is 23.1 Å². The maximum atomic E-state index is 9.64. The van der Waals surface area contributed by atoms with Crippen LogP contribution in [-0.4, -0.2) is 16.5 Å². The third kappa shape index (κ3) is 3.10. The summed E-state index contributed by atoms with van der Waals surface area (Å²) in [6, 6.07) is 6.39. The maximum absolute atomic E-state index is 9.64. The molecule has 0 unspecified atom stereocenters. The van der Waals surface area contributed by atoms with Crippen molar-refractivity contribution in [3.63, 3.8) is 0 Å². The Labute approximate surface area is 114 Å². The lowest BCUT2D eigenvalue weighted by Crippen LogP contribution is -2.22. The van der Waals surface area contributed by atoms with Crippen LogP contribution in [0.3, 0.4) is 0 Å². The Bertz CT molecular complexity index is 512. The van der Waals surface area contributed by atoms with E-state index in [-0.39, 0.29) is 5.41 Å². The van der Waals surface area contributed by atoms with E-state index in [1.54, 1.807) is 13.8 Å². The molecule has 0 fully saturated rings. The largest absolute Gasteiger partial charge is 0.378 e. The molecule has 0 amide bonds. The van der Waals surface area contributed by atoms with Crippen molar-refractivity contribution >= 4 is 11.8 Å². The number of thioether (sulfide) groups is 1. The molecule has 0 saturated carbocycles. The van der Waals surface area contributed by atoms with Crippen molar-refractivity contribution in [1.82, 2.24) is 0 Å². The summed E-state index contributed by atoms with van der Waals surface area (Å²) in [5, 5.41) is 9.64. The van der Waals surface area contributed by atoms with Crippen LogP contribution < -0.4 is 0 Å². The van der Waals surface area contributed by atoms with E-state index >= 15 is 0 Å². The second-order valence-electron chi connectivity index (χ2n) is 6.00. The van der Waals surface area contributed by atoms with Gasteiger partial charge in [-0.25, -0.2) is 0 Å². The number of fused-ring (bicyclic) bond motifs is 1. The van der Waals surface area contributed by atoms with Gasteiger partial charge in [-0.1, -0.05) is 25.7 Å². The van der Waals surface area contributed by atoms with E-state index in [0.717, 1.165) is 5.56 Å². The summed E-state index contributed by atoms with van der Waals surface area (Å²) in [6.45, 7) is 7.99. The third-order valence-electron chi connectivity index (χ3n) is 3.21. The zero-order valence-corrected chi connectivity index (χ0v) is 12.3. The fourth-order valence-electron chi connectivity index (χ4n) is 2.04. The van der Waals surface area contributed by atoms with E-state index in [0.29, 0.717) is 0 Å². The molecule has 0 aromatic heterocycles. The first-order chi connectivity index (χ1) is 8.28. The first kappa shape index (κ1) is 13.5. The highest BCUT2D eigenvalue weighted by Gasteiger charge is 2.27. The van der Waals surface area contributed by atoms with Crippen LogP contribution >= 0.6 is 11.8 Å². The predicted molar refractivity (Wildman–Crippen MR) is 78.0 cm³/mol. The van der Waals surface area contributed by atoms with Gasteiger partial charge in [0.25, 0.3) is 0 Å². The van der Waals surface area contributed by atoms with Crippen LogP contribution in [0.4, 0.5) is 0 Å². The minimum atomic E-state index is -0.930. The Balaban J connectivity index is 2.39. The standard InChI is InChI=1S/C16H20OS/c1-15(2)9-10-18-14-6-5-12(11-13(14)15)7-8-16(3,4)17/h5-6,11,17H,9-10H2,1-4H3. The summed E-state index contributed by atoms with van der Waals surface area (Å²) in [6.07, 6.45) is 1.20. The van der Waals surface area contributed by atoms with Gasteiger partial charge in [0, 0.05) is 10.5 Å². The molecule has 1 aliphatic rings. The van der Waals surface area contributed by atoms with E-state index in [1.807, 2.05) is 17.8 Å². The molecule has 18 heavy (non-hydrogen) atoms. The van der Waals surface area contributed by atoms with Crippen LogP contribution in [0.5, 0.6) is 0 Å². The molecule has 0 atom stereocenters. The van der Waals surface area contributed by atoms with Gasteiger partial charge in [0.05, 0.1) is 0 Å². The lowest BCUT2D eigenvalue weighted by molar-refractivity contribution is 0.143. The summed E-state index contributed by atoms with van der Waals surface area (Å²) in [7, 11) is 0. The molecular weight excluding hydrogens is 240 g/mol. The topological polar surface area (TPSA) is 20.2 Å². The fourth-order valence-corrected chi connectivity index (χ4v) is 3.53. The van der Waals surface area contributed by atoms with Crippen molar-refractivity contribution < 1.29 is 5.11 Å². The van der Waals surface area contributed by atoms with E-state index in [4.69, 9.17) is 0 Å². The fraction of sp³-hybridized carbons (Fsp3) is 0.500. The highest BCUT2D eigenvalue weighted by atomic mass is 32.2. The van der Waals surface area contributed by atoms with Gasteiger partial charge in [-0.05, 0) is 55.2 Å². The minimum Gasteiger partial charge on any atom is -0.378 e. The average molecular weight is 260 g/mol. The van der Waals surface area contributed by atoms with Crippen molar-refractivity contribution in [3.05, 3.63) is 29.3 Å². The second-order valence-corrected chi connectivity index (χ2v) is 7.14. The first-order valence-corrected chi connectivity index (χ1v) is 7.29. The molecule has 1 heterocycles. The van der Waals surface area contributed by atoms with Crippen LogP contribution in [0.1, 0.15) is 45.2 Å². The van der Waals surface area contributed by atoms with E-state index in [1.165, 1.54) is 22.6 Å². The van der Waals surface area contributed by atoms with Crippen molar-refractivity contribution in [2.45, 2.75) is 50.0 Å². The molecule has 2 rings (SSSR count). The molecule has 96 valence electrons. The lowest BCUT2D eigenvalue weighted by Gasteiger charge is -2.32.